The minimum absolute atomic E-state index is 0.0768. The van der Waals surface area contributed by atoms with Crippen LogP contribution in [0.4, 0.5) is 5.69 Å². The number of hydrogen-bond acceptors (Lipinski definition) is 1. The molecule has 1 N–H and O–H groups in total. The van der Waals surface area contributed by atoms with Gasteiger partial charge in [0.15, 0.2) is 0 Å². The van der Waals surface area contributed by atoms with Crippen LogP contribution in [0.5, 0.6) is 0 Å². The normalized spacial score (nSPS) is 18.0. The Morgan fingerprint density at radius 2 is 1.32 bits per heavy atom. The number of anilines is 1. The van der Waals surface area contributed by atoms with Gasteiger partial charge in [0.05, 0.1) is 0 Å². The molecule has 136 valence electrons. The number of nitrogens with one attached hydrogen (secondary N) is 1. The molecule has 1 saturated carbocycles. The van der Waals surface area contributed by atoms with E-state index in [0.29, 0.717) is 17.4 Å². The topological polar surface area (TPSA) is 29.1 Å². The Hall–Kier alpha value is -3.39. The molecule has 0 saturated heterocycles. The van der Waals surface area contributed by atoms with E-state index in [1.807, 2.05) is 48.5 Å². The highest BCUT2D eigenvalue weighted by atomic mass is 16.1. The predicted octanol–water partition coefficient (Wildman–Crippen LogP) is 6.36. The van der Waals surface area contributed by atoms with Gasteiger partial charge < -0.3 is 5.32 Å². The first-order valence-electron chi connectivity index (χ1n) is 9.73. The van der Waals surface area contributed by atoms with Gasteiger partial charge in [-0.25, -0.2) is 0 Å². The van der Waals surface area contributed by atoms with Crippen LogP contribution in [0.25, 0.3) is 10.8 Å². The lowest BCUT2D eigenvalue weighted by Crippen LogP contribution is -2.11. The zero-order valence-electron chi connectivity index (χ0n) is 15.5. The third-order valence-corrected chi connectivity index (χ3v) is 5.63. The van der Waals surface area contributed by atoms with Gasteiger partial charge in [-0.3, -0.25) is 4.79 Å². The molecule has 1 fully saturated rings. The molecule has 0 radical (unpaired) electrons. The van der Waals surface area contributed by atoms with Gasteiger partial charge in [-0.1, -0.05) is 72.8 Å². The van der Waals surface area contributed by atoms with Crippen molar-refractivity contribution in [2.24, 2.45) is 0 Å². The largest absolute Gasteiger partial charge is 0.322 e. The molecule has 1 amide bonds. The van der Waals surface area contributed by atoms with Crippen molar-refractivity contribution < 1.29 is 4.79 Å². The van der Waals surface area contributed by atoms with Gasteiger partial charge in [0, 0.05) is 11.3 Å². The number of amides is 1. The van der Waals surface area contributed by atoms with Crippen LogP contribution in [0.2, 0.25) is 0 Å². The van der Waals surface area contributed by atoms with Crippen molar-refractivity contribution in [1.82, 2.24) is 0 Å². The van der Waals surface area contributed by atoms with Crippen LogP contribution in [0.15, 0.2) is 97.1 Å². The summed E-state index contributed by atoms with van der Waals surface area (Å²) in [6.07, 6.45) is 1.20. The van der Waals surface area contributed by atoms with E-state index < -0.39 is 0 Å². The molecule has 4 aromatic carbocycles. The first-order valence-corrected chi connectivity index (χ1v) is 9.73. The maximum atomic E-state index is 12.6. The molecule has 2 heteroatoms. The van der Waals surface area contributed by atoms with E-state index in [1.54, 1.807) is 0 Å². The fourth-order valence-electron chi connectivity index (χ4n) is 3.98. The summed E-state index contributed by atoms with van der Waals surface area (Å²) in [6, 6.07) is 32.9. The standard InChI is InChI=1S/C26H21NO/c28-26(22-11-10-18-6-4-5-9-21(18)16-22)27-23-14-12-20(13-15-23)25-17-24(25)19-7-2-1-3-8-19/h1-16,24-25H,17H2,(H,27,28). The predicted molar refractivity (Wildman–Crippen MR) is 115 cm³/mol. The van der Waals surface area contributed by atoms with Gasteiger partial charge in [0.25, 0.3) is 5.91 Å². The van der Waals surface area contributed by atoms with Crippen molar-refractivity contribution in [3.63, 3.8) is 0 Å². The Balaban J connectivity index is 1.28. The number of rotatable bonds is 4. The Morgan fingerprint density at radius 3 is 2.07 bits per heavy atom. The van der Waals surface area contributed by atoms with E-state index in [-0.39, 0.29) is 5.91 Å². The Labute approximate surface area is 164 Å². The van der Waals surface area contributed by atoms with Crippen molar-refractivity contribution in [3.05, 3.63) is 114 Å². The van der Waals surface area contributed by atoms with Gasteiger partial charge in [-0.15, -0.1) is 0 Å². The maximum absolute atomic E-state index is 12.6. The SMILES string of the molecule is O=C(Nc1ccc(C2CC2c2ccccc2)cc1)c1ccc2ccccc2c1. The quantitative estimate of drug-likeness (QED) is 0.449. The number of carbonyl (C=O) groups excluding carboxylic acids is 1. The van der Waals surface area contributed by atoms with Crippen molar-refractivity contribution in [1.29, 1.82) is 0 Å². The van der Waals surface area contributed by atoms with E-state index in [0.717, 1.165) is 16.5 Å². The van der Waals surface area contributed by atoms with Gasteiger partial charge in [-0.05, 0) is 64.4 Å². The molecular weight excluding hydrogens is 342 g/mol. The Kier molecular flexibility index (Phi) is 4.17. The van der Waals surface area contributed by atoms with Gasteiger partial charge in [0.2, 0.25) is 0 Å². The first kappa shape index (κ1) is 16.8. The maximum Gasteiger partial charge on any atom is 0.255 e. The molecule has 2 atom stereocenters. The molecule has 0 heterocycles. The summed E-state index contributed by atoms with van der Waals surface area (Å²) in [5.74, 6) is 1.14. The molecule has 2 nitrogen and oxygen atoms in total. The second kappa shape index (κ2) is 6.97. The minimum atomic E-state index is -0.0768. The Bertz CT molecular complexity index is 1130. The second-order valence-corrected chi connectivity index (χ2v) is 7.50. The van der Waals surface area contributed by atoms with E-state index in [4.69, 9.17) is 0 Å². The average molecular weight is 363 g/mol. The molecule has 0 aromatic heterocycles. The molecule has 1 aliphatic carbocycles. The molecule has 5 rings (SSSR count). The van der Waals surface area contributed by atoms with E-state index in [1.165, 1.54) is 17.5 Å². The van der Waals surface area contributed by atoms with E-state index in [9.17, 15) is 4.79 Å². The van der Waals surface area contributed by atoms with Crippen LogP contribution >= 0.6 is 0 Å². The highest BCUT2D eigenvalue weighted by molar-refractivity contribution is 6.06. The third-order valence-electron chi connectivity index (χ3n) is 5.63. The lowest BCUT2D eigenvalue weighted by Gasteiger charge is -2.08. The molecule has 0 aliphatic heterocycles. The first-order chi connectivity index (χ1) is 13.8. The van der Waals surface area contributed by atoms with Crippen molar-refractivity contribution >= 4 is 22.4 Å². The summed E-state index contributed by atoms with van der Waals surface area (Å²) in [4.78, 5) is 12.6. The molecule has 4 aromatic rings. The van der Waals surface area contributed by atoms with Crippen LogP contribution in [-0.2, 0) is 0 Å². The number of carbonyl (C=O) groups is 1. The number of hydrogen-bond donors (Lipinski definition) is 1. The molecule has 0 spiro atoms. The zero-order valence-corrected chi connectivity index (χ0v) is 15.5. The van der Waals surface area contributed by atoms with Crippen LogP contribution < -0.4 is 5.32 Å². The lowest BCUT2D eigenvalue weighted by atomic mass is 10.0. The number of fused-ring (bicyclic) bond motifs is 1. The summed E-state index contributed by atoms with van der Waals surface area (Å²) in [7, 11) is 0. The van der Waals surface area contributed by atoms with Gasteiger partial charge in [0.1, 0.15) is 0 Å². The zero-order chi connectivity index (χ0) is 18.9. The average Bonchev–Trinajstić information content (AvgIpc) is 3.55. The fraction of sp³-hybridized carbons (Fsp3) is 0.115. The second-order valence-electron chi connectivity index (χ2n) is 7.50. The van der Waals surface area contributed by atoms with Crippen LogP contribution in [0.3, 0.4) is 0 Å². The van der Waals surface area contributed by atoms with Crippen LogP contribution in [-0.4, -0.2) is 5.91 Å². The van der Waals surface area contributed by atoms with Crippen molar-refractivity contribution in [2.75, 3.05) is 5.32 Å². The van der Waals surface area contributed by atoms with Crippen molar-refractivity contribution in [2.45, 2.75) is 18.3 Å². The van der Waals surface area contributed by atoms with Crippen LogP contribution in [0.1, 0.15) is 39.7 Å². The van der Waals surface area contributed by atoms with Gasteiger partial charge >= 0.3 is 0 Å². The fourth-order valence-corrected chi connectivity index (χ4v) is 3.98. The van der Waals surface area contributed by atoms with Gasteiger partial charge in [-0.2, -0.15) is 0 Å². The minimum Gasteiger partial charge on any atom is -0.322 e. The van der Waals surface area contributed by atoms with E-state index >= 15 is 0 Å². The summed E-state index contributed by atoms with van der Waals surface area (Å²) in [5.41, 5.74) is 4.27. The van der Waals surface area contributed by atoms with E-state index in [2.05, 4.69) is 53.8 Å². The summed E-state index contributed by atoms with van der Waals surface area (Å²) in [5, 5.41) is 5.23. The highest BCUT2D eigenvalue weighted by Gasteiger charge is 2.39. The third kappa shape index (κ3) is 3.29. The van der Waals surface area contributed by atoms with Crippen LogP contribution in [0, 0.1) is 0 Å². The molecule has 28 heavy (non-hydrogen) atoms. The Morgan fingerprint density at radius 1 is 0.679 bits per heavy atom. The molecular formula is C26H21NO. The molecule has 1 aliphatic rings. The molecule has 2 unspecified atom stereocenters. The summed E-state index contributed by atoms with van der Waals surface area (Å²) < 4.78 is 0. The highest BCUT2D eigenvalue weighted by Crippen LogP contribution is 2.54. The lowest BCUT2D eigenvalue weighted by molar-refractivity contribution is 0.102. The smallest absolute Gasteiger partial charge is 0.255 e. The number of benzene rings is 4. The summed E-state index contributed by atoms with van der Waals surface area (Å²) in [6.45, 7) is 0. The summed E-state index contributed by atoms with van der Waals surface area (Å²) >= 11 is 0. The monoisotopic (exact) mass is 363 g/mol. The molecule has 0 bridgehead atoms. The van der Waals surface area contributed by atoms with Crippen molar-refractivity contribution in [3.8, 4) is 0 Å².